The van der Waals surface area contributed by atoms with E-state index in [2.05, 4.69) is 17.3 Å². The number of hydrogen-bond donors (Lipinski definition) is 1. The molecule has 0 bridgehead atoms. The summed E-state index contributed by atoms with van der Waals surface area (Å²) in [6.07, 6.45) is -1.78. The highest BCUT2D eigenvalue weighted by Gasteiger charge is 2.34. The molecule has 4 nitrogen and oxygen atoms in total. The molecule has 2 aromatic carbocycles. The maximum Gasteiger partial charge on any atom is 0.416 e. The smallest absolute Gasteiger partial charge is 0.332 e. The lowest BCUT2D eigenvalue weighted by molar-refractivity contribution is -0.138. The maximum atomic E-state index is 13.2. The number of hydrazone groups is 1. The van der Waals surface area contributed by atoms with Gasteiger partial charge in [-0.05, 0) is 42.2 Å². The van der Waals surface area contributed by atoms with Gasteiger partial charge in [0.05, 0.1) is 12.1 Å². The third kappa shape index (κ3) is 5.33. The Kier molecular flexibility index (Phi) is 7.02. The standard InChI is InChI=1S/C22H23ClF3N3O/c1-2-3-8-20-18(15-9-11-17(23)12-10-15)14-29(28-20)21(30)27-13-16-6-4-5-7-19(16)22(24,25)26/h4-7,9-12,18H,2-3,8,13-14H2,1H3,(H,27,30). The molecule has 0 radical (unpaired) electrons. The van der Waals surface area contributed by atoms with Gasteiger partial charge in [0, 0.05) is 23.2 Å². The number of unbranched alkanes of at least 4 members (excludes halogenated alkanes) is 1. The van der Waals surface area contributed by atoms with Crippen molar-refractivity contribution in [2.75, 3.05) is 6.54 Å². The molecular weight excluding hydrogens is 415 g/mol. The maximum absolute atomic E-state index is 13.2. The molecule has 1 unspecified atom stereocenters. The fraction of sp³-hybridized carbons (Fsp3) is 0.364. The van der Waals surface area contributed by atoms with E-state index in [0.29, 0.717) is 11.6 Å². The van der Waals surface area contributed by atoms with Gasteiger partial charge in [0.1, 0.15) is 0 Å². The Bertz CT molecular complexity index is 913. The highest BCUT2D eigenvalue weighted by Crippen LogP contribution is 2.32. The molecule has 160 valence electrons. The van der Waals surface area contributed by atoms with E-state index in [-0.39, 0.29) is 18.0 Å². The van der Waals surface area contributed by atoms with Gasteiger partial charge in [0.2, 0.25) is 0 Å². The molecule has 0 fully saturated rings. The number of urea groups is 1. The first-order chi connectivity index (χ1) is 14.3. The minimum absolute atomic E-state index is 0.0157. The number of benzene rings is 2. The summed E-state index contributed by atoms with van der Waals surface area (Å²) >= 11 is 5.98. The van der Waals surface area contributed by atoms with Crippen LogP contribution in [0.4, 0.5) is 18.0 Å². The Hall–Kier alpha value is -2.54. The van der Waals surface area contributed by atoms with Crippen LogP contribution in [-0.4, -0.2) is 23.3 Å². The second-order valence-corrected chi connectivity index (χ2v) is 7.63. The fourth-order valence-electron chi connectivity index (χ4n) is 3.46. The van der Waals surface area contributed by atoms with E-state index in [9.17, 15) is 18.0 Å². The molecule has 1 aliphatic rings. The van der Waals surface area contributed by atoms with E-state index in [1.807, 2.05) is 12.1 Å². The van der Waals surface area contributed by atoms with E-state index in [1.54, 1.807) is 12.1 Å². The van der Waals surface area contributed by atoms with Crippen LogP contribution in [0, 0.1) is 0 Å². The fourth-order valence-corrected chi connectivity index (χ4v) is 3.59. The van der Waals surface area contributed by atoms with Crippen LogP contribution in [0.3, 0.4) is 0 Å². The lowest BCUT2D eigenvalue weighted by atomic mass is 9.92. The van der Waals surface area contributed by atoms with Crippen LogP contribution in [0.25, 0.3) is 0 Å². The Labute approximate surface area is 178 Å². The number of carbonyl (C=O) groups is 1. The Morgan fingerprint density at radius 2 is 1.90 bits per heavy atom. The molecule has 2 aromatic rings. The summed E-state index contributed by atoms with van der Waals surface area (Å²) in [5, 5.41) is 8.97. The molecule has 0 saturated carbocycles. The molecule has 30 heavy (non-hydrogen) atoms. The molecule has 1 atom stereocenters. The van der Waals surface area contributed by atoms with E-state index in [4.69, 9.17) is 11.6 Å². The van der Waals surface area contributed by atoms with Gasteiger partial charge in [0.25, 0.3) is 0 Å². The molecule has 2 amide bonds. The summed E-state index contributed by atoms with van der Waals surface area (Å²) < 4.78 is 39.5. The van der Waals surface area contributed by atoms with Gasteiger partial charge in [0.15, 0.2) is 0 Å². The van der Waals surface area contributed by atoms with Gasteiger partial charge in [-0.1, -0.05) is 55.3 Å². The number of hydrogen-bond acceptors (Lipinski definition) is 2. The van der Waals surface area contributed by atoms with Crippen molar-refractivity contribution in [3.8, 4) is 0 Å². The highest BCUT2D eigenvalue weighted by molar-refractivity contribution is 6.30. The SMILES string of the molecule is CCCCC1=NN(C(=O)NCc2ccccc2C(F)(F)F)CC1c1ccc(Cl)cc1. The summed E-state index contributed by atoms with van der Waals surface area (Å²) in [5.41, 5.74) is 1.16. The number of nitrogens with one attached hydrogen (secondary N) is 1. The molecule has 0 aromatic heterocycles. The predicted octanol–water partition coefficient (Wildman–Crippen LogP) is 6.21. The van der Waals surface area contributed by atoms with Crippen molar-refractivity contribution >= 4 is 23.3 Å². The lowest BCUT2D eigenvalue weighted by Gasteiger charge is -2.17. The first-order valence-corrected chi connectivity index (χ1v) is 10.2. The largest absolute Gasteiger partial charge is 0.416 e. The summed E-state index contributed by atoms with van der Waals surface area (Å²) in [6, 6.07) is 12.1. The van der Waals surface area contributed by atoms with Gasteiger partial charge >= 0.3 is 12.2 Å². The second kappa shape index (κ2) is 9.51. The Balaban J connectivity index is 1.72. The van der Waals surface area contributed by atoms with Gasteiger partial charge < -0.3 is 5.32 Å². The third-order valence-electron chi connectivity index (χ3n) is 5.05. The molecule has 1 heterocycles. The number of amides is 2. The summed E-state index contributed by atoms with van der Waals surface area (Å²) in [5.74, 6) is -0.0537. The van der Waals surface area contributed by atoms with Gasteiger partial charge in [-0.3, -0.25) is 0 Å². The van der Waals surface area contributed by atoms with Crippen LogP contribution < -0.4 is 5.32 Å². The number of alkyl halides is 3. The molecule has 1 N–H and O–H groups in total. The van der Waals surface area contributed by atoms with E-state index >= 15 is 0 Å². The number of nitrogens with zero attached hydrogens (tertiary/aromatic N) is 2. The van der Waals surface area contributed by atoms with Gasteiger partial charge in [-0.15, -0.1) is 0 Å². The van der Waals surface area contributed by atoms with Crippen LogP contribution in [-0.2, 0) is 12.7 Å². The molecule has 0 aliphatic carbocycles. The number of rotatable bonds is 6. The first-order valence-electron chi connectivity index (χ1n) is 9.83. The van der Waals surface area contributed by atoms with Crippen molar-refractivity contribution in [1.29, 1.82) is 0 Å². The van der Waals surface area contributed by atoms with Crippen LogP contribution in [0.1, 0.15) is 48.8 Å². The van der Waals surface area contributed by atoms with Gasteiger partial charge in [-0.25, -0.2) is 9.80 Å². The summed E-state index contributed by atoms with van der Waals surface area (Å²) in [7, 11) is 0. The Morgan fingerprint density at radius 3 is 2.57 bits per heavy atom. The van der Waals surface area contributed by atoms with Crippen LogP contribution >= 0.6 is 11.6 Å². The quantitative estimate of drug-likeness (QED) is 0.573. The Morgan fingerprint density at radius 1 is 1.20 bits per heavy atom. The van der Waals surface area contributed by atoms with Crippen molar-refractivity contribution in [2.45, 2.75) is 44.8 Å². The molecular formula is C22H23ClF3N3O. The zero-order valence-electron chi connectivity index (χ0n) is 16.5. The van der Waals surface area contributed by atoms with Crippen molar-refractivity contribution in [3.05, 3.63) is 70.2 Å². The summed E-state index contributed by atoms with van der Waals surface area (Å²) in [6.45, 7) is 2.19. The lowest BCUT2D eigenvalue weighted by Crippen LogP contribution is -2.36. The highest BCUT2D eigenvalue weighted by atomic mass is 35.5. The average molecular weight is 438 g/mol. The van der Waals surface area contributed by atoms with Crippen LogP contribution in [0.2, 0.25) is 5.02 Å². The number of halogens is 4. The van der Waals surface area contributed by atoms with Crippen LogP contribution in [0.5, 0.6) is 0 Å². The zero-order valence-corrected chi connectivity index (χ0v) is 17.3. The average Bonchev–Trinajstić information content (AvgIpc) is 3.15. The van der Waals surface area contributed by atoms with Crippen molar-refractivity contribution in [2.24, 2.45) is 5.10 Å². The molecule has 8 heteroatoms. The van der Waals surface area contributed by atoms with E-state index in [0.717, 1.165) is 36.6 Å². The first kappa shape index (κ1) is 22.2. The monoisotopic (exact) mass is 437 g/mol. The topological polar surface area (TPSA) is 44.7 Å². The molecule has 1 aliphatic heterocycles. The zero-order chi connectivity index (χ0) is 21.7. The molecule has 0 spiro atoms. The van der Waals surface area contributed by atoms with Gasteiger partial charge in [-0.2, -0.15) is 18.3 Å². The van der Waals surface area contributed by atoms with Crippen molar-refractivity contribution in [3.63, 3.8) is 0 Å². The van der Waals surface area contributed by atoms with E-state index < -0.39 is 17.8 Å². The van der Waals surface area contributed by atoms with Crippen LogP contribution in [0.15, 0.2) is 53.6 Å². The van der Waals surface area contributed by atoms with Crippen molar-refractivity contribution in [1.82, 2.24) is 10.3 Å². The normalized spacial score (nSPS) is 16.5. The predicted molar refractivity (Wildman–Crippen MR) is 112 cm³/mol. The molecule has 0 saturated heterocycles. The minimum atomic E-state index is -4.47. The number of carbonyl (C=O) groups excluding carboxylic acids is 1. The van der Waals surface area contributed by atoms with Crippen molar-refractivity contribution < 1.29 is 18.0 Å². The molecule has 3 rings (SSSR count). The second-order valence-electron chi connectivity index (χ2n) is 7.19. The summed E-state index contributed by atoms with van der Waals surface area (Å²) in [4.78, 5) is 12.6. The minimum Gasteiger partial charge on any atom is -0.332 e. The third-order valence-corrected chi connectivity index (χ3v) is 5.30. The van der Waals surface area contributed by atoms with E-state index in [1.165, 1.54) is 23.2 Å².